The summed E-state index contributed by atoms with van der Waals surface area (Å²) in [5.74, 6) is 0.0620. The maximum atomic E-state index is 11.6. The highest BCUT2D eigenvalue weighted by atomic mass is 16.5. The summed E-state index contributed by atoms with van der Waals surface area (Å²) >= 11 is 0. The second-order valence-corrected chi connectivity index (χ2v) is 5.40. The number of fused-ring (bicyclic) bond motifs is 1. The molecule has 0 N–H and O–H groups in total. The lowest BCUT2D eigenvalue weighted by atomic mass is 9.92. The van der Waals surface area contributed by atoms with Crippen molar-refractivity contribution in [2.24, 2.45) is 0 Å². The van der Waals surface area contributed by atoms with Gasteiger partial charge in [0.2, 0.25) is 0 Å². The molecule has 3 nitrogen and oxygen atoms in total. The Labute approximate surface area is 132 Å². The summed E-state index contributed by atoms with van der Waals surface area (Å²) in [7, 11) is 1.38. The van der Waals surface area contributed by atoms with Crippen molar-refractivity contribution in [3.05, 3.63) is 53.7 Å². The third-order valence-corrected chi connectivity index (χ3v) is 3.76. The number of nitrogens with zero attached hydrogens (tertiary/aromatic N) is 1. The first-order valence-corrected chi connectivity index (χ1v) is 7.84. The summed E-state index contributed by atoms with van der Waals surface area (Å²) in [5, 5.41) is 0.978. The molecular formula is C19H23NO2. The van der Waals surface area contributed by atoms with Gasteiger partial charge in [0.25, 0.3) is 0 Å². The number of hydrogen-bond donors (Lipinski definition) is 0. The molecule has 1 unspecified atom stereocenters. The quantitative estimate of drug-likeness (QED) is 0.564. The Hall–Kier alpha value is -2.16. The van der Waals surface area contributed by atoms with Gasteiger partial charge in [-0.15, -0.1) is 0 Å². The van der Waals surface area contributed by atoms with E-state index in [9.17, 15) is 4.79 Å². The predicted octanol–water partition coefficient (Wildman–Crippen LogP) is 4.87. The van der Waals surface area contributed by atoms with E-state index in [-0.39, 0.29) is 5.97 Å². The van der Waals surface area contributed by atoms with Crippen LogP contribution in [0.25, 0.3) is 10.9 Å². The van der Waals surface area contributed by atoms with Gasteiger partial charge in [-0.05, 0) is 36.6 Å². The first-order valence-electron chi connectivity index (χ1n) is 7.84. The molecule has 0 saturated carbocycles. The van der Waals surface area contributed by atoms with Crippen molar-refractivity contribution >= 4 is 16.9 Å². The SMILES string of the molecule is CC/C=C/C(CCC)c1ccc2ncc(C(=O)OC)cc2c1. The second-order valence-electron chi connectivity index (χ2n) is 5.40. The predicted molar refractivity (Wildman–Crippen MR) is 90.2 cm³/mol. The lowest BCUT2D eigenvalue weighted by Gasteiger charge is -2.13. The molecule has 116 valence electrons. The van der Waals surface area contributed by atoms with Crippen molar-refractivity contribution in [2.45, 2.75) is 39.0 Å². The van der Waals surface area contributed by atoms with Gasteiger partial charge in [-0.25, -0.2) is 4.79 Å². The van der Waals surface area contributed by atoms with Crippen LogP contribution < -0.4 is 0 Å². The molecule has 3 heteroatoms. The summed E-state index contributed by atoms with van der Waals surface area (Å²) in [4.78, 5) is 16.0. The van der Waals surface area contributed by atoms with Crippen molar-refractivity contribution in [1.82, 2.24) is 4.98 Å². The van der Waals surface area contributed by atoms with Crippen LogP contribution in [0, 0.1) is 0 Å². The van der Waals surface area contributed by atoms with Crippen LogP contribution >= 0.6 is 0 Å². The maximum Gasteiger partial charge on any atom is 0.339 e. The molecule has 1 heterocycles. The van der Waals surface area contributed by atoms with E-state index in [4.69, 9.17) is 4.74 Å². The molecule has 0 saturated heterocycles. The number of allylic oxidation sites excluding steroid dienone is 2. The number of carbonyl (C=O) groups is 1. The van der Waals surface area contributed by atoms with Gasteiger partial charge in [0.1, 0.15) is 0 Å². The van der Waals surface area contributed by atoms with Gasteiger partial charge in [-0.3, -0.25) is 4.98 Å². The summed E-state index contributed by atoms with van der Waals surface area (Å²) in [6, 6.07) is 8.14. The van der Waals surface area contributed by atoms with E-state index in [2.05, 4.69) is 43.1 Å². The number of rotatable bonds is 6. The first kappa shape index (κ1) is 16.2. The zero-order chi connectivity index (χ0) is 15.9. The van der Waals surface area contributed by atoms with E-state index in [0.29, 0.717) is 11.5 Å². The Morgan fingerprint density at radius 1 is 1.32 bits per heavy atom. The van der Waals surface area contributed by atoms with E-state index in [0.717, 1.165) is 30.2 Å². The van der Waals surface area contributed by atoms with Gasteiger partial charge in [-0.2, -0.15) is 0 Å². The molecule has 2 rings (SSSR count). The zero-order valence-corrected chi connectivity index (χ0v) is 13.5. The number of ether oxygens (including phenoxy) is 1. The fourth-order valence-electron chi connectivity index (χ4n) is 2.60. The number of esters is 1. The molecule has 22 heavy (non-hydrogen) atoms. The Morgan fingerprint density at radius 2 is 2.14 bits per heavy atom. The Kier molecular flexibility index (Phi) is 5.70. The van der Waals surface area contributed by atoms with Crippen LogP contribution in [0.1, 0.15) is 54.9 Å². The molecule has 0 aliphatic rings. The van der Waals surface area contributed by atoms with E-state index in [1.807, 2.05) is 12.1 Å². The van der Waals surface area contributed by atoms with E-state index in [1.54, 1.807) is 6.20 Å². The average Bonchev–Trinajstić information content (AvgIpc) is 2.56. The van der Waals surface area contributed by atoms with Crippen LogP contribution in [0.15, 0.2) is 42.6 Å². The molecule has 1 aromatic heterocycles. The smallest absolute Gasteiger partial charge is 0.339 e. The zero-order valence-electron chi connectivity index (χ0n) is 13.5. The van der Waals surface area contributed by atoms with Gasteiger partial charge < -0.3 is 4.74 Å². The third kappa shape index (κ3) is 3.73. The summed E-state index contributed by atoms with van der Waals surface area (Å²) in [6.07, 6.45) is 9.36. The minimum absolute atomic E-state index is 0.351. The molecule has 0 fully saturated rings. The van der Waals surface area contributed by atoms with E-state index in [1.165, 1.54) is 12.7 Å². The molecule has 0 spiro atoms. The molecule has 2 aromatic rings. The van der Waals surface area contributed by atoms with Crippen LogP contribution in [-0.2, 0) is 4.74 Å². The Bertz CT molecular complexity index is 676. The molecule has 0 aliphatic heterocycles. The van der Waals surface area contributed by atoms with Crippen LogP contribution in [-0.4, -0.2) is 18.1 Å². The van der Waals surface area contributed by atoms with Gasteiger partial charge in [0, 0.05) is 17.5 Å². The van der Waals surface area contributed by atoms with Gasteiger partial charge in [0.15, 0.2) is 0 Å². The van der Waals surface area contributed by atoms with Gasteiger partial charge in [-0.1, -0.05) is 38.5 Å². The first-order chi connectivity index (χ1) is 10.7. The van der Waals surface area contributed by atoms with Crippen LogP contribution in [0.2, 0.25) is 0 Å². The summed E-state index contributed by atoms with van der Waals surface area (Å²) in [6.45, 7) is 4.34. The number of benzene rings is 1. The fraction of sp³-hybridized carbons (Fsp3) is 0.368. The monoisotopic (exact) mass is 297 g/mol. The fourth-order valence-corrected chi connectivity index (χ4v) is 2.60. The van der Waals surface area contributed by atoms with Crippen LogP contribution in [0.5, 0.6) is 0 Å². The lowest BCUT2D eigenvalue weighted by Crippen LogP contribution is -2.02. The topological polar surface area (TPSA) is 39.2 Å². The minimum atomic E-state index is -0.351. The third-order valence-electron chi connectivity index (χ3n) is 3.76. The van der Waals surface area contributed by atoms with Crippen molar-refractivity contribution < 1.29 is 9.53 Å². The number of hydrogen-bond acceptors (Lipinski definition) is 3. The lowest BCUT2D eigenvalue weighted by molar-refractivity contribution is 0.0600. The van der Waals surface area contributed by atoms with E-state index >= 15 is 0 Å². The Morgan fingerprint density at radius 3 is 2.82 bits per heavy atom. The summed E-state index contributed by atoms with van der Waals surface area (Å²) < 4.78 is 4.76. The number of aromatic nitrogens is 1. The number of pyridine rings is 1. The Balaban J connectivity index is 2.42. The van der Waals surface area contributed by atoms with Crippen molar-refractivity contribution in [2.75, 3.05) is 7.11 Å². The summed E-state index contributed by atoms with van der Waals surface area (Å²) in [5.41, 5.74) is 2.65. The van der Waals surface area contributed by atoms with Crippen LogP contribution in [0.4, 0.5) is 0 Å². The van der Waals surface area contributed by atoms with E-state index < -0.39 is 0 Å². The molecule has 0 radical (unpaired) electrons. The highest BCUT2D eigenvalue weighted by Gasteiger charge is 2.10. The molecule has 1 atom stereocenters. The number of carbonyl (C=O) groups excluding carboxylic acids is 1. The highest BCUT2D eigenvalue weighted by Crippen LogP contribution is 2.26. The van der Waals surface area contributed by atoms with Crippen molar-refractivity contribution in [1.29, 1.82) is 0 Å². The largest absolute Gasteiger partial charge is 0.465 e. The maximum absolute atomic E-state index is 11.6. The molecule has 1 aromatic carbocycles. The molecule has 0 aliphatic carbocycles. The molecule has 0 bridgehead atoms. The standard InChI is InChI=1S/C19H23NO2/c1-4-6-8-14(7-5-2)15-9-10-18-16(11-15)12-17(13-20-18)19(21)22-3/h6,8-14H,4-5,7H2,1-3H3/b8-6+. The van der Waals surface area contributed by atoms with Crippen molar-refractivity contribution in [3.63, 3.8) is 0 Å². The van der Waals surface area contributed by atoms with Crippen LogP contribution in [0.3, 0.4) is 0 Å². The van der Waals surface area contributed by atoms with Gasteiger partial charge in [0.05, 0.1) is 18.2 Å². The average molecular weight is 297 g/mol. The van der Waals surface area contributed by atoms with Crippen molar-refractivity contribution in [3.8, 4) is 0 Å². The minimum Gasteiger partial charge on any atom is -0.465 e. The molecular weight excluding hydrogens is 274 g/mol. The molecule has 0 amide bonds. The van der Waals surface area contributed by atoms with Gasteiger partial charge >= 0.3 is 5.97 Å². The second kappa shape index (κ2) is 7.74. The highest BCUT2D eigenvalue weighted by molar-refractivity contribution is 5.93. The normalized spacial score (nSPS) is 12.7. The number of methoxy groups -OCH3 is 1.